The first-order valence-electron chi connectivity index (χ1n) is 8.74. The summed E-state index contributed by atoms with van der Waals surface area (Å²) in [6.07, 6.45) is 0.777. The lowest BCUT2D eigenvalue weighted by Gasteiger charge is -2.36. The largest absolute Gasteiger partial charge is 0.454 e. The van der Waals surface area contributed by atoms with Crippen LogP contribution in [-0.2, 0) is 11.2 Å². The first kappa shape index (κ1) is 15.4. The van der Waals surface area contributed by atoms with E-state index >= 15 is 0 Å². The Morgan fingerprint density at radius 1 is 1.04 bits per heavy atom. The molecule has 27 heavy (non-hydrogen) atoms. The van der Waals surface area contributed by atoms with Gasteiger partial charge in [-0.05, 0) is 53.8 Å². The molecule has 0 saturated carbocycles. The van der Waals surface area contributed by atoms with Gasteiger partial charge in [0.25, 0.3) is 5.17 Å². The number of aromatic nitrogens is 1. The van der Waals surface area contributed by atoms with E-state index in [1.54, 1.807) is 0 Å². The van der Waals surface area contributed by atoms with Crippen molar-refractivity contribution in [2.75, 3.05) is 6.79 Å². The lowest BCUT2D eigenvalue weighted by atomic mass is 9.89. The van der Waals surface area contributed by atoms with Gasteiger partial charge < -0.3 is 24.1 Å². The van der Waals surface area contributed by atoms with Crippen molar-refractivity contribution in [3.8, 4) is 11.5 Å². The second-order valence-electron chi connectivity index (χ2n) is 6.89. The average Bonchev–Trinajstić information content (AvgIpc) is 3.36. The zero-order chi connectivity index (χ0) is 18.1. The first-order chi connectivity index (χ1) is 13.2. The van der Waals surface area contributed by atoms with E-state index in [0.717, 1.165) is 34.7 Å². The molecule has 3 aromatic rings. The fourth-order valence-electron chi connectivity index (χ4n) is 4.33. The highest BCUT2D eigenvalue weighted by Crippen LogP contribution is 2.45. The van der Waals surface area contributed by atoms with Crippen LogP contribution < -0.4 is 9.47 Å². The highest BCUT2D eigenvalue weighted by Gasteiger charge is 2.46. The van der Waals surface area contributed by atoms with Gasteiger partial charge in [-0.1, -0.05) is 24.3 Å². The number of fused-ring (bicyclic) bond motifs is 5. The number of para-hydroxylation sites is 1. The molecule has 5 nitrogen and oxygen atoms in total. The molecular weight excluding hydrogens is 380 g/mol. The van der Waals surface area contributed by atoms with Crippen molar-refractivity contribution in [1.82, 2.24) is 9.88 Å². The molecule has 7 heteroatoms. The number of hydrogen-bond donors (Lipinski definition) is 1. The van der Waals surface area contributed by atoms with Crippen LogP contribution in [0.4, 0.5) is 0 Å². The molecule has 0 bridgehead atoms. The van der Waals surface area contributed by atoms with Crippen LogP contribution >= 0.6 is 24.4 Å². The van der Waals surface area contributed by atoms with Crippen LogP contribution in [-0.4, -0.2) is 32.9 Å². The van der Waals surface area contributed by atoms with Crippen molar-refractivity contribution >= 4 is 45.6 Å². The van der Waals surface area contributed by atoms with Gasteiger partial charge in [0, 0.05) is 23.0 Å². The molecule has 3 aliphatic heterocycles. The SMILES string of the molecule is S=C1OC(=S)N2[C@H](c3ccc4c(c3)OCO4)c3[nH]c4ccccc4c3C[C@H]12. The summed E-state index contributed by atoms with van der Waals surface area (Å²) >= 11 is 11.0. The Morgan fingerprint density at radius 2 is 1.89 bits per heavy atom. The van der Waals surface area contributed by atoms with Crippen LogP contribution in [0.25, 0.3) is 10.9 Å². The van der Waals surface area contributed by atoms with Gasteiger partial charge in [-0.3, -0.25) is 0 Å². The highest BCUT2D eigenvalue weighted by atomic mass is 32.1. The molecule has 1 aromatic heterocycles. The number of benzene rings is 2. The van der Waals surface area contributed by atoms with Gasteiger partial charge in [-0.15, -0.1) is 0 Å². The summed E-state index contributed by atoms with van der Waals surface area (Å²) in [5.41, 5.74) is 4.58. The Morgan fingerprint density at radius 3 is 2.81 bits per heavy atom. The van der Waals surface area contributed by atoms with Gasteiger partial charge in [0.2, 0.25) is 6.79 Å². The minimum atomic E-state index is -0.117. The number of hydrogen-bond acceptors (Lipinski definition) is 5. The molecule has 0 unspecified atom stereocenters. The van der Waals surface area contributed by atoms with Gasteiger partial charge in [0.05, 0.1) is 6.04 Å². The van der Waals surface area contributed by atoms with Crippen molar-refractivity contribution in [3.05, 3.63) is 59.3 Å². The fraction of sp³-hybridized carbons (Fsp3) is 0.200. The smallest absolute Gasteiger partial charge is 0.266 e. The predicted molar refractivity (Wildman–Crippen MR) is 108 cm³/mol. The van der Waals surface area contributed by atoms with Gasteiger partial charge in [-0.25, -0.2) is 0 Å². The molecule has 0 radical (unpaired) electrons. The number of nitrogens with one attached hydrogen (secondary N) is 1. The molecule has 134 valence electrons. The number of rotatable bonds is 1. The summed E-state index contributed by atoms with van der Waals surface area (Å²) in [5, 5.41) is 2.19. The topological polar surface area (TPSA) is 46.7 Å². The first-order valence-corrected chi connectivity index (χ1v) is 9.55. The third-order valence-corrected chi connectivity index (χ3v) is 6.16. The van der Waals surface area contributed by atoms with Gasteiger partial charge in [0.1, 0.15) is 6.04 Å². The maximum atomic E-state index is 5.68. The van der Waals surface area contributed by atoms with Gasteiger partial charge in [-0.2, -0.15) is 0 Å². The number of thiocarbonyl (C=S) groups is 2. The maximum Gasteiger partial charge on any atom is 0.266 e. The molecule has 2 aromatic carbocycles. The maximum absolute atomic E-state index is 5.68. The molecule has 2 atom stereocenters. The summed E-state index contributed by atoms with van der Waals surface area (Å²) in [6, 6.07) is 14.2. The molecule has 4 heterocycles. The van der Waals surface area contributed by atoms with E-state index in [2.05, 4.69) is 34.1 Å². The van der Waals surface area contributed by atoms with Gasteiger partial charge in [0.15, 0.2) is 16.5 Å². The van der Waals surface area contributed by atoms with Crippen molar-refractivity contribution in [2.45, 2.75) is 18.5 Å². The van der Waals surface area contributed by atoms with Gasteiger partial charge >= 0.3 is 0 Å². The summed E-state index contributed by atoms with van der Waals surface area (Å²) < 4.78 is 16.7. The fourth-order valence-corrected chi connectivity index (χ4v) is 4.98. The van der Waals surface area contributed by atoms with Crippen molar-refractivity contribution < 1.29 is 14.2 Å². The van der Waals surface area contributed by atoms with Crippen LogP contribution in [0.15, 0.2) is 42.5 Å². The molecule has 6 rings (SSSR count). The predicted octanol–water partition coefficient (Wildman–Crippen LogP) is 3.86. The van der Waals surface area contributed by atoms with Crippen LogP contribution in [0.5, 0.6) is 11.5 Å². The third kappa shape index (κ3) is 2.09. The summed E-state index contributed by atoms with van der Waals surface area (Å²) in [5.74, 6) is 1.51. The number of nitrogens with zero attached hydrogens (tertiary/aromatic N) is 1. The number of ether oxygens (including phenoxy) is 3. The molecule has 0 spiro atoms. The molecule has 0 aliphatic carbocycles. The van der Waals surface area contributed by atoms with E-state index < -0.39 is 0 Å². The second kappa shape index (κ2) is 5.43. The normalized spacial score (nSPS) is 22.7. The van der Waals surface area contributed by atoms with E-state index in [9.17, 15) is 0 Å². The van der Waals surface area contributed by atoms with Crippen LogP contribution in [0.3, 0.4) is 0 Å². The quantitative estimate of drug-likeness (QED) is 0.633. The Hall–Kier alpha value is -2.64. The Bertz CT molecular complexity index is 1140. The third-order valence-electron chi connectivity index (χ3n) is 5.51. The summed E-state index contributed by atoms with van der Waals surface area (Å²) in [6.45, 7) is 0.249. The average molecular weight is 394 g/mol. The van der Waals surface area contributed by atoms with Crippen LogP contribution in [0, 0.1) is 0 Å². The summed E-state index contributed by atoms with van der Waals surface area (Å²) in [7, 11) is 0. The van der Waals surface area contributed by atoms with Crippen molar-refractivity contribution in [1.29, 1.82) is 0 Å². The Labute approximate surface area is 165 Å². The van der Waals surface area contributed by atoms with E-state index in [4.69, 9.17) is 38.6 Å². The van der Waals surface area contributed by atoms with E-state index in [0.29, 0.717) is 10.2 Å². The zero-order valence-electron chi connectivity index (χ0n) is 14.1. The number of aromatic amines is 1. The minimum Gasteiger partial charge on any atom is -0.454 e. The lowest BCUT2D eigenvalue weighted by molar-refractivity contribution is 0.174. The zero-order valence-corrected chi connectivity index (χ0v) is 15.7. The Balaban J connectivity index is 1.60. The van der Waals surface area contributed by atoms with Crippen LogP contribution in [0.2, 0.25) is 0 Å². The van der Waals surface area contributed by atoms with E-state index in [1.165, 1.54) is 10.9 Å². The van der Waals surface area contributed by atoms with E-state index in [-0.39, 0.29) is 18.9 Å². The number of H-pyrrole nitrogens is 1. The molecular formula is C20H14N2O3S2. The monoisotopic (exact) mass is 394 g/mol. The minimum absolute atomic E-state index is 0.0466. The van der Waals surface area contributed by atoms with E-state index in [1.807, 2.05) is 18.2 Å². The van der Waals surface area contributed by atoms with Crippen LogP contribution in [0.1, 0.15) is 22.9 Å². The second-order valence-corrected chi connectivity index (χ2v) is 7.64. The lowest BCUT2D eigenvalue weighted by Crippen LogP contribution is -2.43. The highest BCUT2D eigenvalue weighted by molar-refractivity contribution is 7.81. The molecule has 0 amide bonds. The van der Waals surface area contributed by atoms with Crippen molar-refractivity contribution in [2.24, 2.45) is 0 Å². The summed E-state index contributed by atoms with van der Waals surface area (Å²) in [4.78, 5) is 5.71. The molecule has 1 N–H and O–H groups in total. The Kier molecular flexibility index (Phi) is 3.10. The van der Waals surface area contributed by atoms with Crippen molar-refractivity contribution in [3.63, 3.8) is 0 Å². The standard InChI is InChI=1S/C20H14N2O3S2/c26-19-14-8-12-11-3-1-2-4-13(11)21-17(12)18(22(14)20(27)25-19)10-5-6-15-16(7-10)24-9-23-15/h1-7,14,18,21H,8-9H2/t14-,18-/m1/s1. The molecule has 3 aliphatic rings. The molecule has 1 saturated heterocycles. The molecule has 1 fully saturated rings.